The topological polar surface area (TPSA) is 40.6 Å². The van der Waals surface area contributed by atoms with E-state index in [2.05, 4.69) is 0 Å². The van der Waals surface area contributed by atoms with Crippen LogP contribution in [-0.4, -0.2) is 47.8 Å². The molecule has 0 spiro atoms. The molecule has 2 amide bonds. The number of carbonyl (C=O) groups is 2. The minimum Gasteiger partial charge on any atom is -0.341 e. The maximum absolute atomic E-state index is 12.2. The summed E-state index contributed by atoms with van der Waals surface area (Å²) in [5.41, 5.74) is -0.336. The molecule has 0 aliphatic carbocycles. The van der Waals surface area contributed by atoms with E-state index in [-0.39, 0.29) is 23.1 Å². The molecule has 1 rings (SSSR count). The highest BCUT2D eigenvalue weighted by Crippen LogP contribution is 2.19. The normalized spacial score (nSPS) is 17.9. The van der Waals surface area contributed by atoms with Gasteiger partial charge in [-0.2, -0.15) is 0 Å². The van der Waals surface area contributed by atoms with Crippen molar-refractivity contribution in [3.63, 3.8) is 0 Å². The number of hydrogen-bond donors (Lipinski definition) is 0. The molecule has 104 valence electrons. The number of carbonyl (C=O) groups excluding carboxylic acids is 2. The minimum atomic E-state index is -0.336. The maximum atomic E-state index is 12.2. The number of nitrogens with zero attached hydrogens (tertiary/aromatic N) is 2. The van der Waals surface area contributed by atoms with E-state index in [9.17, 15) is 9.59 Å². The van der Waals surface area contributed by atoms with Gasteiger partial charge in [0.05, 0.1) is 0 Å². The van der Waals surface area contributed by atoms with Gasteiger partial charge in [0.1, 0.15) is 0 Å². The summed E-state index contributed by atoms with van der Waals surface area (Å²) in [5.74, 6) is 0.413. The van der Waals surface area contributed by atoms with Gasteiger partial charge in [0.15, 0.2) is 0 Å². The van der Waals surface area contributed by atoms with Crippen molar-refractivity contribution < 1.29 is 9.59 Å². The second-order valence-electron chi connectivity index (χ2n) is 6.38. The third-order valence-corrected chi connectivity index (χ3v) is 3.23. The molecule has 0 atom stereocenters. The Labute approximate surface area is 110 Å². The third kappa shape index (κ3) is 3.72. The van der Waals surface area contributed by atoms with Gasteiger partial charge in [-0.25, -0.2) is 0 Å². The lowest BCUT2D eigenvalue weighted by molar-refractivity contribution is -0.140. The number of rotatable bonds is 1. The van der Waals surface area contributed by atoms with Crippen molar-refractivity contribution in [1.82, 2.24) is 9.80 Å². The molecule has 18 heavy (non-hydrogen) atoms. The van der Waals surface area contributed by atoms with Gasteiger partial charge in [-0.05, 0) is 6.42 Å². The van der Waals surface area contributed by atoms with Crippen LogP contribution >= 0.6 is 0 Å². The van der Waals surface area contributed by atoms with Gasteiger partial charge in [0, 0.05) is 37.5 Å². The first-order valence-corrected chi connectivity index (χ1v) is 6.81. The second-order valence-corrected chi connectivity index (χ2v) is 6.38. The molecule has 1 fully saturated rings. The number of amides is 2. The zero-order valence-electron chi connectivity index (χ0n) is 12.3. The SMILES string of the molecule is CC(C)C(=O)N1CCCN(C(=O)C(C)(C)C)CC1. The van der Waals surface area contributed by atoms with Crippen LogP contribution < -0.4 is 0 Å². The molecule has 0 unspecified atom stereocenters. The fraction of sp³-hybridized carbons (Fsp3) is 0.857. The monoisotopic (exact) mass is 254 g/mol. The third-order valence-electron chi connectivity index (χ3n) is 3.23. The second kappa shape index (κ2) is 5.72. The van der Waals surface area contributed by atoms with Crippen molar-refractivity contribution in [2.45, 2.75) is 41.0 Å². The highest BCUT2D eigenvalue weighted by molar-refractivity contribution is 5.82. The highest BCUT2D eigenvalue weighted by Gasteiger charge is 2.29. The van der Waals surface area contributed by atoms with Crippen LogP contribution in [0.4, 0.5) is 0 Å². The fourth-order valence-corrected chi connectivity index (χ4v) is 2.18. The van der Waals surface area contributed by atoms with E-state index in [4.69, 9.17) is 0 Å². The summed E-state index contributed by atoms with van der Waals surface area (Å²) in [7, 11) is 0. The Bertz CT molecular complexity index is 318. The van der Waals surface area contributed by atoms with Crippen molar-refractivity contribution in [2.24, 2.45) is 11.3 Å². The summed E-state index contributed by atoms with van der Waals surface area (Å²) in [6, 6.07) is 0. The van der Waals surface area contributed by atoms with Gasteiger partial charge in [0.25, 0.3) is 0 Å². The van der Waals surface area contributed by atoms with E-state index in [1.165, 1.54) is 0 Å². The van der Waals surface area contributed by atoms with Gasteiger partial charge < -0.3 is 9.80 Å². The summed E-state index contributed by atoms with van der Waals surface area (Å²) < 4.78 is 0. The van der Waals surface area contributed by atoms with Crippen LogP contribution in [0.2, 0.25) is 0 Å². The molecule has 0 N–H and O–H groups in total. The zero-order chi connectivity index (χ0) is 13.9. The molecule has 0 aromatic carbocycles. The Hall–Kier alpha value is -1.06. The molecule has 1 saturated heterocycles. The summed E-state index contributed by atoms with van der Waals surface area (Å²) >= 11 is 0. The molecule has 0 radical (unpaired) electrons. The standard InChI is InChI=1S/C14H26N2O2/c1-11(2)12(17)15-7-6-8-16(10-9-15)13(18)14(3,4)5/h11H,6-10H2,1-5H3. The molecule has 0 bridgehead atoms. The van der Waals surface area contributed by atoms with Crippen molar-refractivity contribution in [3.8, 4) is 0 Å². The predicted molar refractivity (Wildman–Crippen MR) is 72.1 cm³/mol. The van der Waals surface area contributed by atoms with E-state index in [1.54, 1.807) is 0 Å². The van der Waals surface area contributed by atoms with Crippen molar-refractivity contribution >= 4 is 11.8 Å². The van der Waals surface area contributed by atoms with Crippen LogP contribution in [0.5, 0.6) is 0 Å². The van der Waals surface area contributed by atoms with Gasteiger partial charge in [-0.15, -0.1) is 0 Å². The van der Waals surface area contributed by atoms with Crippen molar-refractivity contribution in [1.29, 1.82) is 0 Å². The van der Waals surface area contributed by atoms with Gasteiger partial charge in [0.2, 0.25) is 11.8 Å². The molecule has 0 saturated carbocycles. The molecular weight excluding hydrogens is 228 g/mol. The Morgan fingerprint density at radius 2 is 1.44 bits per heavy atom. The Morgan fingerprint density at radius 3 is 1.94 bits per heavy atom. The van der Waals surface area contributed by atoms with Gasteiger partial charge in [-0.1, -0.05) is 34.6 Å². The zero-order valence-corrected chi connectivity index (χ0v) is 12.3. The summed E-state index contributed by atoms with van der Waals surface area (Å²) in [6.45, 7) is 12.5. The first-order chi connectivity index (χ1) is 8.23. The predicted octanol–water partition coefficient (Wildman–Crippen LogP) is 1.75. The lowest BCUT2D eigenvalue weighted by Gasteiger charge is -2.28. The van der Waals surface area contributed by atoms with Crippen molar-refractivity contribution in [2.75, 3.05) is 26.2 Å². The molecule has 1 aliphatic heterocycles. The summed E-state index contributed by atoms with van der Waals surface area (Å²) in [5, 5.41) is 0. The lowest BCUT2D eigenvalue weighted by atomic mass is 9.94. The Balaban J connectivity index is 2.62. The average molecular weight is 254 g/mol. The molecule has 1 heterocycles. The van der Waals surface area contributed by atoms with Crippen molar-refractivity contribution in [3.05, 3.63) is 0 Å². The average Bonchev–Trinajstić information content (AvgIpc) is 2.50. The van der Waals surface area contributed by atoms with E-state index in [1.807, 2.05) is 44.4 Å². The van der Waals surface area contributed by atoms with Crippen LogP contribution in [0.3, 0.4) is 0 Å². The minimum absolute atomic E-state index is 0.0369. The Kier molecular flexibility index (Phi) is 4.77. The maximum Gasteiger partial charge on any atom is 0.228 e. The molecule has 0 aromatic heterocycles. The van der Waals surface area contributed by atoms with Crippen LogP contribution in [0, 0.1) is 11.3 Å². The molecule has 4 heteroatoms. The van der Waals surface area contributed by atoms with Gasteiger partial charge in [-0.3, -0.25) is 9.59 Å². The summed E-state index contributed by atoms with van der Waals surface area (Å²) in [4.78, 5) is 27.9. The Morgan fingerprint density at radius 1 is 0.944 bits per heavy atom. The first kappa shape index (κ1) is 15.0. The van der Waals surface area contributed by atoms with Gasteiger partial charge >= 0.3 is 0 Å². The lowest BCUT2D eigenvalue weighted by Crippen LogP contribution is -2.42. The van der Waals surface area contributed by atoms with Crippen LogP contribution in [-0.2, 0) is 9.59 Å². The first-order valence-electron chi connectivity index (χ1n) is 6.81. The van der Waals surface area contributed by atoms with E-state index >= 15 is 0 Å². The molecule has 4 nitrogen and oxygen atoms in total. The number of hydrogen-bond acceptors (Lipinski definition) is 2. The highest BCUT2D eigenvalue weighted by atomic mass is 16.2. The largest absolute Gasteiger partial charge is 0.341 e. The summed E-state index contributed by atoms with van der Waals surface area (Å²) in [6.07, 6.45) is 0.875. The molecule has 0 aromatic rings. The molecular formula is C14H26N2O2. The fourth-order valence-electron chi connectivity index (χ4n) is 2.18. The molecule has 1 aliphatic rings. The van der Waals surface area contributed by atoms with Crippen LogP contribution in [0.1, 0.15) is 41.0 Å². The van der Waals surface area contributed by atoms with E-state index in [0.717, 1.165) is 19.5 Å². The quantitative estimate of drug-likeness (QED) is 0.715. The van der Waals surface area contributed by atoms with E-state index < -0.39 is 0 Å². The van der Waals surface area contributed by atoms with E-state index in [0.29, 0.717) is 13.1 Å². The smallest absolute Gasteiger partial charge is 0.228 e. The van der Waals surface area contributed by atoms with Crippen LogP contribution in [0.15, 0.2) is 0 Å². The van der Waals surface area contributed by atoms with Crippen LogP contribution in [0.25, 0.3) is 0 Å².